The molecule has 2 heterocycles. The van der Waals surface area contributed by atoms with Crippen LogP contribution in [0.4, 0.5) is 0 Å². The predicted octanol–water partition coefficient (Wildman–Crippen LogP) is 0.570. The quantitative estimate of drug-likeness (QED) is 0.812. The number of rotatable bonds is 3. The van der Waals surface area contributed by atoms with Crippen LogP contribution in [0.1, 0.15) is 19.8 Å². The summed E-state index contributed by atoms with van der Waals surface area (Å²) in [5.41, 5.74) is -0.0771. The molecule has 6 nitrogen and oxygen atoms in total. The summed E-state index contributed by atoms with van der Waals surface area (Å²) < 4.78 is 0. The average Bonchev–Trinajstić information content (AvgIpc) is 2.87. The molecule has 0 saturated carbocycles. The molecule has 2 aliphatic rings. The number of carboxylic acids is 1. The van der Waals surface area contributed by atoms with Gasteiger partial charge in [-0.2, -0.15) is 11.8 Å². The first-order valence-corrected chi connectivity index (χ1v) is 7.03. The van der Waals surface area contributed by atoms with Gasteiger partial charge in [0.1, 0.15) is 0 Å². The Morgan fingerprint density at radius 2 is 2.39 bits per heavy atom. The number of carbonyl (C=O) groups is 2. The van der Waals surface area contributed by atoms with Gasteiger partial charge in [0.05, 0.1) is 0 Å². The summed E-state index contributed by atoms with van der Waals surface area (Å²) in [6, 6.07) is 0. The van der Waals surface area contributed by atoms with Crippen LogP contribution in [0.3, 0.4) is 0 Å². The Morgan fingerprint density at radius 3 is 3.00 bits per heavy atom. The van der Waals surface area contributed by atoms with Crippen LogP contribution in [-0.4, -0.2) is 57.8 Å². The van der Waals surface area contributed by atoms with Gasteiger partial charge in [-0.15, -0.1) is 0 Å². The molecular weight excluding hydrogens is 256 g/mol. The van der Waals surface area contributed by atoms with E-state index in [-0.39, 0.29) is 18.0 Å². The van der Waals surface area contributed by atoms with E-state index in [0.717, 1.165) is 12.2 Å². The fraction of sp³-hybridized carbons (Fsp3) is 0.727. The Hall–Kier alpha value is -1.24. The summed E-state index contributed by atoms with van der Waals surface area (Å²) in [7, 11) is 0. The maximum atomic E-state index is 12.2. The first-order chi connectivity index (χ1) is 8.61. The number of amides is 1. The molecule has 2 unspecified atom stereocenters. The van der Waals surface area contributed by atoms with Crippen LogP contribution >= 0.6 is 11.8 Å². The van der Waals surface area contributed by atoms with Crippen molar-refractivity contribution in [3.05, 3.63) is 0 Å². The molecule has 1 N–H and O–H groups in total. The van der Waals surface area contributed by atoms with Crippen molar-refractivity contribution in [2.45, 2.75) is 31.1 Å². The number of carboxylic acid groups (broad SMARTS) is 1. The Kier molecular flexibility index (Phi) is 4.11. The Balaban J connectivity index is 1.91. The SMILES string of the molecule is CCC1CN(C(=O)C2CC(C(=O)O)=NO2)CCS1. The molecule has 100 valence electrons. The van der Waals surface area contributed by atoms with Gasteiger partial charge in [-0.3, -0.25) is 4.79 Å². The number of carbonyl (C=O) groups excluding carboxylic acids is 1. The van der Waals surface area contributed by atoms with Crippen LogP contribution in [0.25, 0.3) is 0 Å². The molecule has 0 spiro atoms. The lowest BCUT2D eigenvalue weighted by molar-refractivity contribution is -0.142. The lowest BCUT2D eigenvalue weighted by Crippen LogP contribution is -2.46. The van der Waals surface area contributed by atoms with Gasteiger partial charge in [0, 0.05) is 30.5 Å². The van der Waals surface area contributed by atoms with E-state index in [2.05, 4.69) is 12.1 Å². The molecule has 0 bridgehead atoms. The van der Waals surface area contributed by atoms with E-state index in [1.165, 1.54) is 0 Å². The second kappa shape index (κ2) is 5.60. The summed E-state index contributed by atoms with van der Waals surface area (Å²) in [4.78, 5) is 29.5. The fourth-order valence-corrected chi connectivity index (χ4v) is 3.19. The van der Waals surface area contributed by atoms with Crippen LogP contribution < -0.4 is 0 Å². The van der Waals surface area contributed by atoms with Gasteiger partial charge < -0.3 is 14.8 Å². The maximum absolute atomic E-state index is 12.2. The van der Waals surface area contributed by atoms with E-state index in [4.69, 9.17) is 9.94 Å². The van der Waals surface area contributed by atoms with E-state index >= 15 is 0 Å². The van der Waals surface area contributed by atoms with E-state index in [1.807, 2.05) is 11.8 Å². The zero-order valence-corrected chi connectivity index (χ0v) is 11.0. The van der Waals surface area contributed by atoms with E-state index in [1.54, 1.807) is 4.90 Å². The molecule has 0 aromatic heterocycles. The number of oxime groups is 1. The molecule has 1 saturated heterocycles. The standard InChI is InChI=1S/C11H16N2O4S/c1-2-7-6-13(3-4-18-7)10(14)9-5-8(11(15)16)12-17-9/h7,9H,2-6H2,1H3,(H,15,16). The molecule has 0 aromatic carbocycles. The maximum Gasteiger partial charge on any atom is 0.353 e. The highest BCUT2D eigenvalue weighted by Crippen LogP contribution is 2.23. The third kappa shape index (κ3) is 2.77. The van der Waals surface area contributed by atoms with Gasteiger partial charge in [0.2, 0.25) is 6.10 Å². The van der Waals surface area contributed by atoms with Crippen molar-refractivity contribution in [3.8, 4) is 0 Å². The lowest BCUT2D eigenvalue weighted by atomic mass is 10.1. The third-order valence-corrected chi connectivity index (χ3v) is 4.47. The van der Waals surface area contributed by atoms with Gasteiger partial charge in [0.25, 0.3) is 5.91 Å². The monoisotopic (exact) mass is 272 g/mol. The summed E-state index contributed by atoms with van der Waals surface area (Å²) in [5.74, 6) is -0.344. The highest BCUT2D eigenvalue weighted by atomic mass is 32.2. The first-order valence-electron chi connectivity index (χ1n) is 5.98. The zero-order chi connectivity index (χ0) is 13.1. The summed E-state index contributed by atoms with van der Waals surface area (Å²) in [5, 5.41) is 12.7. The third-order valence-electron chi connectivity index (χ3n) is 3.10. The number of hydrogen-bond acceptors (Lipinski definition) is 5. The normalized spacial score (nSPS) is 27.6. The molecule has 1 amide bonds. The Morgan fingerprint density at radius 1 is 1.61 bits per heavy atom. The van der Waals surface area contributed by atoms with Gasteiger partial charge in [-0.25, -0.2) is 4.79 Å². The first kappa shape index (κ1) is 13.2. The highest BCUT2D eigenvalue weighted by Gasteiger charge is 2.35. The van der Waals surface area contributed by atoms with Gasteiger partial charge in [-0.05, 0) is 6.42 Å². The summed E-state index contributed by atoms with van der Waals surface area (Å²) >= 11 is 1.87. The zero-order valence-electron chi connectivity index (χ0n) is 10.2. The fourth-order valence-electron chi connectivity index (χ4n) is 2.01. The average molecular weight is 272 g/mol. The molecular formula is C11H16N2O4S. The summed E-state index contributed by atoms with van der Waals surface area (Å²) in [6.45, 7) is 3.51. The van der Waals surface area contributed by atoms with Gasteiger partial charge >= 0.3 is 5.97 Å². The number of aliphatic carboxylic acids is 1. The molecule has 7 heteroatoms. The molecule has 0 aliphatic carbocycles. The Labute approximate surface area is 109 Å². The van der Waals surface area contributed by atoms with E-state index in [0.29, 0.717) is 18.3 Å². The minimum atomic E-state index is -1.12. The smallest absolute Gasteiger partial charge is 0.353 e. The molecule has 0 aromatic rings. The van der Waals surface area contributed by atoms with Crippen molar-refractivity contribution < 1.29 is 19.5 Å². The minimum absolute atomic E-state index is 0.0641. The molecule has 2 rings (SSSR count). The minimum Gasteiger partial charge on any atom is -0.477 e. The largest absolute Gasteiger partial charge is 0.477 e. The van der Waals surface area contributed by atoms with E-state index in [9.17, 15) is 9.59 Å². The number of nitrogens with zero attached hydrogens (tertiary/aromatic N) is 2. The van der Waals surface area contributed by atoms with Crippen LogP contribution in [0.5, 0.6) is 0 Å². The van der Waals surface area contributed by atoms with Crippen LogP contribution in [0, 0.1) is 0 Å². The van der Waals surface area contributed by atoms with Crippen molar-refractivity contribution in [1.29, 1.82) is 0 Å². The van der Waals surface area contributed by atoms with Crippen molar-refractivity contribution in [3.63, 3.8) is 0 Å². The van der Waals surface area contributed by atoms with Crippen LogP contribution in [-0.2, 0) is 14.4 Å². The second-order valence-corrected chi connectivity index (χ2v) is 5.73. The molecule has 0 radical (unpaired) electrons. The highest BCUT2D eigenvalue weighted by molar-refractivity contribution is 8.00. The van der Waals surface area contributed by atoms with Crippen LogP contribution in [0.2, 0.25) is 0 Å². The van der Waals surface area contributed by atoms with Gasteiger partial charge in [-0.1, -0.05) is 12.1 Å². The molecule has 18 heavy (non-hydrogen) atoms. The van der Waals surface area contributed by atoms with Crippen molar-refractivity contribution in [2.24, 2.45) is 5.16 Å². The molecule has 2 atom stereocenters. The van der Waals surface area contributed by atoms with Crippen molar-refractivity contribution >= 4 is 29.4 Å². The van der Waals surface area contributed by atoms with Crippen LogP contribution in [0.15, 0.2) is 5.16 Å². The van der Waals surface area contributed by atoms with Crippen molar-refractivity contribution in [2.75, 3.05) is 18.8 Å². The number of hydrogen-bond donors (Lipinski definition) is 1. The number of thioether (sulfide) groups is 1. The van der Waals surface area contributed by atoms with E-state index < -0.39 is 12.1 Å². The molecule has 2 aliphatic heterocycles. The summed E-state index contributed by atoms with van der Waals surface area (Å²) in [6.07, 6.45) is 0.336. The lowest BCUT2D eigenvalue weighted by Gasteiger charge is -2.32. The van der Waals surface area contributed by atoms with Crippen molar-refractivity contribution in [1.82, 2.24) is 4.90 Å². The Bertz CT molecular complexity index is 385. The second-order valence-electron chi connectivity index (χ2n) is 4.33. The topological polar surface area (TPSA) is 79.2 Å². The predicted molar refractivity (Wildman–Crippen MR) is 67.7 cm³/mol. The van der Waals surface area contributed by atoms with Gasteiger partial charge in [0.15, 0.2) is 5.71 Å². The molecule has 1 fully saturated rings.